The van der Waals surface area contributed by atoms with E-state index in [1.807, 2.05) is 12.1 Å². The zero-order chi connectivity index (χ0) is 18.0. The van der Waals surface area contributed by atoms with Crippen molar-refractivity contribution in [2.45, 2.75) is 52.0 Å². The third-order valence-corrected chi connectivity index (χ3v) is 4.96. The van der Waals surface area contributed by atoms with Gasteiger partial charge in [0.15, 0.2) is 5.96 Å². The molecule has 1 heterocycles. The van der Waals surface area contributed by atoms with Gasteiger partial charge in [0.25, 0.3) is 0 Å². The van der Waals surface area contributed by atoms with Crippen molar-refractivity contribution in [2.24, 2.45) is 10.4 Å². The van der Waals surface area contributed by atoms with Gasteiger partial charge < -0.3 is 20.5 Å². The largest absolute Gasteiger partial charge is 0.481 e. The summed E-state index contributed by atoms with van der Waals surface area (Å²) in [4.78, 5) is 8.88. The van der Waals surface area contributed by atoms with Crippen LogP contribution in [0, 0.1) is 5.41 Å². The topological polar surface area (TPSA) is 78.8 Å². The maximum absolute atomic E-state index is 9.46. The highest BCUT2D eigenvalue weighted by Gasteiger charge is 2.31. The molecular weight excluding hydrogens is 316 g/mol. The van der Waals surface area contributed by atoms with Crippen LogP contribution in [-0.4, -0.2) is 42.9 Å². The van der Waals surface area contributed by atoms with Crippen LogP contribution in [-0.2, 0) is 6.54 Å². The maximum Gasteiger partial charge on any atom is 0.212 e. The average Bonchev–Trinajstić information content (AvgIpc) is 2.65. The Kier molecular flexibility index (Phi) is 7.98. The number of aromatic nitrogens is 1. The van der Waals surface area contributed by atoms with Gasteiger partial charge in [0.05, 0.1) is 13.7 Å². The molecule has 1 aliphatic carbocycles. The fourth-order valence-electron chi connectivity index (χ4n) is 3.46. The molecule has 1 fully saturated rings. The molecule has 0 aliphatic heterocycles. The summed E-state index contributed by atoms with van der Waals surface area (Å²) in [7, 11) is 1.61. The Hall–Kier alpha value is -1.82. The lowest BCUT2D eigenvalue weighted by molar-refractivity contribution is 0.131. The Morgan fingerprint density at radius 3 is 2.68 bits per heavy atom. The molecule has 140 valence electrons. The summed E-state index contributed by atoms with van der Waals surface area (Å²) >= 11 is 0. The molecule has 0 saturated heterocycles. The summed E-state index contributed by atoms with van der Waals surface area (Å²) in [6, 6.07) is 3.83. The van der Waals surface area contributed by atoms with Crippen LogP contribution < -0.4 is 15.4 Å². The molecular formula is C19H32N4O2. The number of methoxy groups -OCH3 is 1. The minimum Gasteiger partial charge on any atom is -0.481 e. The summed E-state index contributed by atoms with van der Waals surface area (Å²) in [5.41, 5.74) is 1.24. The fraction of sp³-hybridized carbons (Fsp3) is 0.684. The van der Waals surface area contributed by atoms with Gasteiger partial charge in [-0.15, -0.1) is 0 Å². The summed E-state index contributed by atoms with van der Waals surface area (Å²) in [6.07, 6.45) is 8.85. The minimum atomic E-state index is 0.199. The van der Waals surface area contributed by atoms with Gasteiger partial charge in [-0.3, -0.25) is 0 Å². The number of rotatable bonds is 8. The molecule has 0 aromatic carbocycles. The van der Waals surface area contributed by atoms with Crippen LogP contribution in [0.1, 0.15) is 51.0 Å². The molecule has 25 heavy (non-hydrogen) atoms. The number of aliphatic imine (C=N–C) groups is 1. The van der Waals surface area contributed by atoms with Crippen LogP contribution in [0.5, 0.6) is 5.88 Å². The lowest BCUT2D eigenvalue weighted by Gasteiger charge is -2.37. The highest BCUT2D eigenvalue weighted by Crippen LogP contribution is 2.38. The molecule has 0 spiro atoms. The highest BCUT2D eigenvalue weighted by molar-refractivity contribution is 5.79. The Labute approximate surface area is 151 Å². The van der Waals surface area contributed by atoms with E-state index in [4.69, 9.17) is 4.74 Å². The van der Waals surface area contributed by atoms with E-state index in [2.05, 4.69) is 27.5 Å². The van der Waals surface area contributed by atoms with Gasteiger partial charge in [0.1, 0.15) is 0 Å². The summed E-state index contributed by atoms with van der Waals surface area (Å²) < 4.78 is 5.08. The molecule has 0 atom stereocenters. The predicted molar refractivity (Wildman–Crippen MR) is 101 cm³/mol. The van der Waals surface area contributed by atoms with Crippen molar-refractivity contribution in [3.8, 4) is 5.88 Å². The van der Waals surface area contributed by atoms with E-state index >= 15 is 0 Å². The van der Waals surface area contributed by atoms with Gasteiger partial charge in [-0.25, -0.2) is 9.98 Å². The smallest absolute Gasteiger partial charge is 0.212 e. The molecule has 0 amide bonds. The monoisotopic (exact) mass is 348 g/mol. The van der Waals surface area contributed by atoms with E-state index in [-0.39, 0.29) is 12.0 Å². The molecule has 0 bridgehead atoms. The summed E-state index contributed by atoms with van der Waals surface area (Å²) in [6.45, 7) is 4.57. The van der Waals surface area contributed by atoms with Crippen molar-refractivity contribution in [3.63, 3.8) is 0 Å². The number of hydrogen-bond donors (Lipinski definition) is 3. The average molecular weight is 348 g/mol. The summed E-state index contributed by atoms with van der Waals surface area (Å²) in [5, 5.41) is 16.3. The molecule has 1 aromatic heterocycles. The third kappa shape index (κ3) is 6.20. The van der Waals surface area contributed by atoms with Gasteiger partial charge in [0.2, 0.25) is 5.88 Å². The molecule has 1 saturated carbocycles. The SMILES string of the molecule is CCNC(=NCc1ccc(OC)nc1)NCC1(CCO)CCCCC1. The van der Waals surface area contributed by atoms with E-state index in [1.54, 1.807) is 13.3 Å². The molecule has 3 N–H and O–H groups in total. The Balaban J connectivity index is 1.95. The minimum absolute atomic E-state index is 0.199. The standard InChI is InChI=1S/C19H32N4O2/c1-3-20-18(22-14-16-7-8-17(25-2)21-13-16)23-15-19(11-12-24)9-5-4-6-10-19/h7-8,13,24H,3-6,9-12,14-15H2,1-2H3,(H2,20,22,23). The Morgan fingerprint density at radius 2 is 2.08 bits per heavy atom. The third-order valence-electron chi connectivity index (χ3n) is 4.96. The quantitative estimate of drug-likeness (QED) is 0.497. The van der Waals surface area contributed by atoms with Crippen molar-refractivity contribution in [1.29, 1.82) is 0 Å². The van der Waals surface area contributed by atoms with Crippen molar-refractivity contribution >= 4 is 5.96 Å². The lowest BCUT2D eigenvalue weighted by atomic mass is 9.72. The van der Waals surface area contributed by atoms with Crippen molar-refractivity contribution in [3.05, 3.63) is 23.9 Å². The zero-order valence-electron chi connectivity index (χ0n) is 15.6. The number of aliphatic hydroxyl groups is 1. The van der Waals surface area contributed by atoms with Crippen LogP contribution in [0.2, 0.25) is 0 Å². The molecule has 6 heteroatoms. The van der Waals surface area contributed by atoms with Gasteiger partial charge >= 0.3 is 0 Å². The molecule has 0 unspecified atom stereocenters. The second kappa shape index (κ2) is 10.2. The zero-order valence-corrected chi connectivity index (χ0v) is 15.6. The number of aliphatic hydroxyl groups excluding tert-OH is 1. The van der Waals surface area contributed by atoms with Gasteiger partial charge in [-0.2, -0.15) is 0 Å². The second-order valence-electron chi connectivity index (χ2n) is 6.79. The van der Waals surface area contributed by atoms with Crippen LogP contribution in [0.4, 0.5) is 0 Å². The first-order valence-corrected chi connectivity index (χ1v) is 9.33. The Bertz CT molecular complexity index is 519. The first-order valence-electron chi connectivity index (χ1n) is 9.33. The maximum atomic E-state index is 9.46. The number of pyridine rings is 1. The van der Waals surface area contributed by atoms with Crippen LogP contribution >= 0.6 is 0 Å². The first kappa shape index (κ1) is 19.5. The van der Waals surface area contributed by atoms with Gasteiger partial charge in [-0.05, 0) is 37.2 Å². The van der Waals surface area contributed by atoms with Crippen molar-refractivity contribution in [1.82, 2.24) is 15.6 Å². The highest BCUT2D eigenvalue weighted by atomic mass is 16.5. The molecule has 6 nitrogen and oxygen atoms in total. The molecule has 2 rings (SSSR count). The predicted octanol–water partition coefficient (Wildman–Crippen LogP) is 2.48. The van der Waals surface area contributed by atoms with Crippen molar-refractivity contribution < 1.29 is 9.84 Å². The fourth-order valence-corrected chi connectivity index (χ4v) is 3.46. The van der Waals surface area contributed by atoms with Gasteiger partial charge in [-0.1, -0.05) is 25.3 Å². The normalized spacial score (nSPS) is 17.2. The lowest BCUT2D eigenvalue weighted by Crippen LogP contribution is -2.44. The number of ether oxygens (including phenoxy) is 1. The second-order valence-corrected chi connectivity index (χ2v) is 6.79. The number of guanidine groups is 1. The number of nitrogens with one attached hydrogen (secondary N) is 2. The van der Waals surface area contributed by atoms with Gasteiger partial charge in [0, 0.05) is 32.0 Å². The number of nitrogens with zero attached hydrogens (tertiary/aromatic N) is 2. The molecule has 1 aromatic rings. The van der Waals surface area contributed by atoms with E-state index in [9.17, 15) is 5.11 Å². The molecule has 1 aliphatic rings. The first-order chi connectivity index (χ1) is 12.2. The van der Waals surface area contributed by atoms with E-state index in [1.165, 1.54) is 32.1 Å². The van der Waals surface area contributed by atoms with E-state index in [0.29, 0.717) is 12.4 Å². The number of hydrogen-bond acceptors (Lipinski definition) is 4. The van der Waals surface area contributed by atoms with Crippen LogP contribution in [0.3, 0.4) is 0 Å². The van der Waals surface area contributed by atoms with E-state index in [0.717, 1.165) is 31.0 Å². The van der Waals surface area contributed by atoms with Crippen LogP contribution in [0.15, 0.2) is 23.3 Å². The van der Waals surface area contributed by atoms with Crippen LogP contribution in [0.25, 0.3) is 0 Å². The van der Waals surface area contributed by atoms with E-state index < -0.39 is 0 Å². The molecule has 0 radical (unpaired) electrons. The van der Waals surface area contributed by atoms with Crippen molar-refractivity contribution in [2.75, 3.05) is 26.8 Å². The Morgan fingerprint density at radius 1 is 1.28 bits per heavy atom. The summed E-state index contributed by atoms with van der Waals surface area (Å²) in [5.74, 6) is 1.43.